The number of hydrogen-bond donors (Lipinski definition) is 1. The summed E-state index contributed by atoms with van der Waals surface area (Å²) in [4.78, 5) is 4.45. The van der Waals surface area contributed by atoms with Crippen LogP contribution in [0.4, 0.5) is 0 Å². The minimum absolute atomic E-state index is 0.216. The Kier molecular flexibility index (Phi) is 4.16. The van der Waals surface area contributed by atoms with E-state index in [1.807, 2.05) is 12.3 Å². The summed E-state index contributed by atoms with van der Waals surface area (Å²) >= 11 is 4.69. The molecule has 2 aromatic rings. The number of nitrogens with zero attached hydrogens (tertiary/aromatic N) is 1. The van der Waals surface area contributed by atoms with Gasteiger partial charge in [-0.3, -0.25) is 0 Å². The van der Waals surface area contributed by atoms with Gasteiger partial charge in [-0.15, -0.1) is 11.3 Å². The normalized spacial score (nSPS) is 11.7. The lowest BCUT2D eigenvalue weighted by Gasteiger charge is -2.05. The molecule has 0 aliphatic rings. The Balaban J connectivity index is 2.13. The van der Waals surface area contributed by atoms with Gasteiger partial charge in [-0.2, -0.15) is 0 Å². The molecule has 18 heavy (non-hydrogen) atoms. The highest BCUT2D eigenvalue weighted by Gasteiger charge is 2.14. The summed E-state index contributed by atoms with van der Waals surface area (Å²) in [7, 11) is -3.49. The Hall–Kier alpha value is -0.760. The molecule has 0 unspecified atom stereocenters. The summed E-state index contributed by atoms with van der Waals surface area (Å²) in [5.41, 5.74) is 0.900. The number of halogens is 1. The highest BCUT2D eigenvalue weighted by molar-refractivity contribution is 9.10. The van der Waals surface area contributed by atoms with Crippen LogP contribution in [-0.4, -0.2) is 13.4 Å². The molecule has 7 heteroatoms. The van der Waals surface area contributed by atoms with E-state index >= 15 is 0 Å². The van der Waals surface area contributed by atoms with Gasteiger partial charge in [0.1, 0.15) is 5.01 Å². The smallest absolute Gasteiger partial charge is 0.240 e. The predicted octanol–water partition coefficient (Wildman–Crippen LogP) is 2.69. The van der Waals surface area contributed by atoms with Crippen molar-refractivity contribution in [2.45, 2.75) is 18.4 Å². The number of nitrogens with one attached hydrogen (secondary N) is 1. The lowest BCUT2D eigenvalue weighted by Crippen LogP contribution is -2.23. The Morgan fingerprint density at radius 2 is 2.22 bits per heavy atom. The molecule has 0 radical (unpaired) electrons. The van der Waals surface area contributed by atoms with Gasteiger partial charge < -0.3 is 0 Å². The molecule has 1 aromatic carbocycles. The van der Waals surface area contributed by atoms with Crippen LogP contribution in [0, 0.1) is 6.92 Å². The van der Waals surface area contributed by atoms with E-state index in [2.05, 4.69) is 25.6 Å². The van der Waals surface area contributed by atoms with Gasteiger partial charge >= 0.3 is 0 Å². The van der Waals surface area contributed by atoms with Gasteiger partial charge in [-0.1, -0.05) is 22.0 Å². The zero-order valence-electron chi connectivity index (χ0n) is 9.55. The third kappa shape index (κ3) is 3.38. The maximum absolute atomic E-state index is 12.0. The van der Waals surface area contributed by atoms with Crippen LogP contribution in [-0.2, 0) is 16.6 Å². The fourth-order valence-corrected chi connectivity index (χ4v) is 3.74. The van der Waals surface area contributed by atoms with E-state index in [0.29, 0.717) is 0 Å². The highest BCUT2D eigenvalue weighted by atomic mass is 79.9. The lowest BCUT2D eigenvalue weighted by molar-refractivity contribution is 0.581. The van der Waals surface area contributed by atoms with Crippen LogP contribution >= 0.6 is 27.3 Å². The van der Waals surface area contributed by atoms with Gasteiger partial charge in [0, 0.05) is 15.5 Å². The first-order valence-electron chi connectivity index (χ1n) is 5.13. The average Bonchev–Trinajstić information content (AvgIpc) is 2.73. The summed E-state index contributed by atoms with van der Waals surface area (Å²) in [5.74, 6) is 0. The standard InChI is InChI=1S/C11H11BrN2O2S2/c1-8-7-17-11(14-8)6-13-18(15,16)10-4-2-3-9(12)5-10/h2-5,7,13H,6H2,1H3. The average molecular weight is 347 g/mol. The monoisotopic (exact) mass is 346 g/mol. The van der Waals surface area contributed by atoms with Crippen molar-refractivity contribution in [1.29, 1.82) is 0 Å². The summed E-state index contributed by atoms with van der Waals surface area (Å²) in [6, 6.07) is 6.59. The molecule has 1 heterocycles. The van der Waals surface area contributed by atoms with Crippen molar-refractivity contribution in [2.24, 2.45) is 0 Å². The number of hydrogen-bond acceptors (Lipinski definition) is 4. The van der Waals surface area contributed by atoms with Crippen LogP contribution in [0.25, 0.3) is 0 Å². The molecular formula is C11H11BrN2O2S2. The fraction of sp³-hybridized carbons (Fsp3) is 0.182. The molecule has 0 fully saturated rings. The fourth-order valence-electron chi connectivity index (χ4n) is 1.36. The molecule has 0 aliphatic heterocycles. The van der Waals surface area contributed by atoms with Gasteiger partial charge in [0.05, 0.1) is 11.4 Å². The van der Waals surface area contributed by atoms with Crippen molar-refractivity contribution in [3.05, 3.63) is 44.8 Å². The molecule has 4 nitrogen and oxygen atoms in total. The Bertz CT molecular complexity index is 653. The van der Waals surface area contributed by atoms with Crippen molar-refractivity contribution in [3.63, 3.8) is 0 Å². The van der Waals surface area contributed by atoms with Crippen molar-refractivity contribution in [2.75, 3.05) is 0 Å². The lowest BCUT2D eigenvalue weighted by atomic mass is 10.4. The Labute approximate surface area is 118 Å². The number of benzene rings is 1. The zero-order chi connectivity index (χ0) is 13.2. The second kappa shape index (κ2) is 5.48. The quantitative estimate of drug-likeness (QED) is 0.925. The van der Waals surface area contributed by atoms with Gasteiger partial charge in [0.15, 0.2) is 0 Å². The molecule has 0 amide bonds. The first kappa shape index (κ1) is 13.7. The van der Waals surface area contributed by atoms with Gasteiger partial charge in [0.25, 0.3) is 0 Å². The van der Waals surface area contributed by atoms with Gasteiger partial charge in [-0.05, 0) is 25.1 Å². The first-order valence-corrected chi connectivity index (χ1v) is 8.29. The number of aromatic nitrogens is 1. The van der Waals surface area contributed by atoms with Crippen molar-refractivity contribution >= 4 is 37.3 Å². The largest absolute Gasteiger partial charge is 0.245 e. The molecule has 0 saturated carbocycles. The van der Waals surface area contributed by atoms with E-state index in [4.69, 9.17) is 0 Å². The number of aryl methyl sites for hydroxylation is 1. The molecule has 1 aromatic heterocycles. The molecule has 0 atom stereocenters. The van der Waals surface area contributed by atoms with E-state index in [-0.39, 0.29) is 11.4 Å². The molecule has 0 bridgehead atoms. The Morgan fingerprint density at radius 1 is 1.44 bits per heavy atom. The second-order valence-electron chi connectivity index (χ2n) is 3.66. The first-order chi connectivity index (χ1) is 8.47. The third-order valence-electron chi connectivity index (χ3n) is 2.19. The molecule has 0 aliphatic carbocycles. The summed E-state index contributed by atoms with van der Waals surface area (Å²) < 4.78 is 27.3. The Morgan fingerprint density at radius 3 is 2.83 bits per heavy atom. The van der Waals surface area contributed by atoms with E-state index in [0.717, 1.165) is 15.2 Å². The van der Waals surface area contributed by atoms with Crippen molar-refractivity contribution in [3.8, 4) is 0 Å². The van der Waals surface area contributed by atoms with Crippen LogP contribution in [0.2, 0.25) is 0 Å². The maximum atomic E-state index is 12.0. The summed E-state index contributed by atoms with van der Waals surface area (Å²) in [6.07, 6.45) is 0. The second-order valence-corrected chi connectivity index (χ2v) is 7.29. The van der Waals surface area contributed by atoms with Gasteiger partial charge in [-0.25, -0.2) is 18.1 Å². The van der Waals surface area contributed by atoms with Crippen LogP contribution in [0.5, 0.6) is 0 Å². The van der Waals surface area contributed by atoms with Crippen molar-refractivity contribution < 1.29 is 8.42 Å². The molecule has 2 rings (SSSR count). The number of thiazole rings is 1. The van der Waals surface area contributed by atoms with E-state index < -0.39 is 10.0 Å². The molecule has 0 saturated heterocycles. The zero-order valence-corrected chi connectivity index (χ0v) is 12.8. The highest BCUT2D eigenvalue weighted by Crippen LogP contribution is 2.16. The van der Waals surface area contributed by atoms with E-state index in [1.54, 1.807) is 24.3 Å². The summed E-state index contributed by atoms with van der Waals surface area (Å²) in [6.45, 7) is 2.09. The third-order valence-corrected chi connectivity index (χ3v) is 5.05. The SMILES string of the molecule is Cc1csc(CNS(=O)(=O)c2cccc(Br)c2)n1. The minimum Gasteiger partial charge on any atom is -0.245 e. The number of rotatable bonds is 4. The molecule has 1 N–H and O–H groups in total. The molecule has 96 valence electrons. The van der Waals surface area contributed by atoms with Crippen LogP contribution in [0.15, 0.2) is 39.0 Å². The molecular weight excluding hydrogens is 336 g/mol. The van der Waals surface area contributed by atoms with Gasteiger partial charge in [0.2, 0.25) is 10.0 Å². The molecule has 0 spiro atoms. The predicted molar refractivity (Wildman–Crippen MR) is 75.0 cm³/mol. The topological polar surface area (TPSA) is 59.1 Å². The minimum atomic E-state index is -3.49. The number of sulfonamides is 1. The van der Waals surface area contributed by atoms with Crippen LogP contribution < -0.4 is 4.72 Å². The van der Waals surface area contributed by atoms with Crippen molar-refractivity contribution in [1.82, 2.24) is 9.71 Å². The van der Waals surface area contributed by atoms with E-state index in [9.17, 15) is 8.42 Å². The maximum Gasteiger partial charge on any atom is 0.240 e. The summed E-state index contributed by atoms with van der Waals surface area (Å²) in [5, 5.41) is 2.65. The van der Waals surface area contributed by atoms with Crippen LogP contribution in [0.3, 0.4) is 0 Å². The van der Waals surface area contributed by atoms with E-state index in [1.165, 1.54) is 11.3 Å². The van der Waals surface area contributed by atoms with Crippen LogP contribution in [0.1, 0.15) is 10.7 Å².